The molecule has 7 nitrogen and oxygen atoms in total. The van der Waals surface area contributed by atoms with Crippen LogP contribution in [0.25, 0.3) is 0 Å². The molecule has 0 heterocycles. The highest BCUT2D eigenvalue weighted by Gasteiger charge is 2.17. The van der Waals surface area contributed by atoms with Crippen molar-refractivity contribution in [2.24, 2.45) is 0 Å². The molecule has 168 valence electrons. The molecule has 0 saturated carbocycles. The predicted octanol–water partition coefficient (Wildman–Crippen LogP) is 3.88. The van der Waals surface area contributed by atoms with Crippen LogP contribution in [0, 0.1) is 12.7 Å². The largest absolute Gasteiger partial charge is 0.497 e. The number of carbonyl (C=O) groups is 1. The van der Waals surface area contributed by atoms with Crippen molar-refractivity contribution in [3.63, 3.8) is 0 Å². The van der Waals surface area contributed by atoms with Gasteiger partial charge >= 0.3 is 0 Å². The molecule has 2 N–H and O–H groups in total. The number of nitrogens with one attached hydrogen (secondary N) is 2. The lowest BCUT2D eigenvalue weighted by atomic mass is 10.1. The summed E-state index contributed by atoms with van der Waals surface area (Å²) >= 11 is 0. The van der Waals surface area contributed by atoms with Crippen LogP contribution in [0.3, 0.4) is 0 Å². The topological polar surface area (TPSA) is 93.7 Å². The summed E-state index contributed by atoms with van der Waals surface area (Å²) in [6.07, 6.45) is 0. The average molecular weight is 459 g/mol. The highest BCUT2D eigenvalue weighted by molar-refractivity contribution is 7.92. The third-order valence-corrected chi connectivity index (χ3v) is 6.07. The summed E-state index contributed by atoms with van der Waals surface area (Å²) in [5, 5.41) is 2.78. The SMILES string of the molecule is COc1cc(CNC(=O)c2cccc(NS(=O)(=O)c3ccc(C)c(F)c3)c2)cc(OC)c1. The van der Waals surface area contributed by atoms with E-state index in [0.717, 1.165) is 11.6 Å². The molecule has 0 aliphatic rings. The summed E-state index contributed by atoms with van der Waals surface area (Å²) in [6, 6.07) is 15.0. The maximum atomic E-state index is 13.8. The number of ether oxygens (including phenoxy) is 2. The molecule has 0 bridgehead atoms. The molecule has 0 radical (unpaired) electrons. The van der Waals surface area contributed by atoms with Crippen LogP contribution in [-0.4, -0.2) is 28.5 Å². The second kappa shape index (κ2) is 9.69. The zero-order valence-corrected chi connectivity index (χ0v) is 18.6. The molecule has 0 spiro atoms. The van der Waals surface area contributed by atoms with Crippen molar-refractivity contribution in [1.82, 2.24) is 5.32 Å². The van der Waals surface area contributed by atoms with Gasteiger partial charge in [0, 0.05) is 23.9 Å². The standard InChI is InChI=1S/C23H23FN2O5S/c1-15-7-8-21(13-22(15)24)32(28,29)26-18-6-4-5-17(11-18)23(27)25-14-16-9-19(30-2)12-20(10-16)31-3/h4-13,26H,14H2,1-3H3,(H,25,27). The summed E-state index contributed by atoms with van der Waals surface area (Å²) < 4.78 is 51.7. The molecule has 9 heteroatoms. The first kappa shape index (κ1) is 23.1. The Labute approximate surface area is 186 Å². The Morgan fingerprint density at radius 1 is 0.969 bits per heavy atom. The van der Waals surface area contributed by atoms with Crippen molar-refractivity contribution in [2.45, 2.75) is 18.4 Å². The zero-order valence-electron chi connectivity index (χ0n) is 17.8. The number of methoxy groups -OCH3 is 2. The lowest BCUT2D eigenvalue weighted by Gasteiger charge is -2.11. The number of carbonyl (C=O) groups excluding carboxylic acids is 1. The predicted molar refractivity (Wildman–Crippen MR) is 119 cm³/mol. The molecular weight excluding hydrogens is 435 g/mol. The van der Waals surface area contributed by atoms with Crippen LogP contribution in [0.1, 0.15) is 21.5 Å². The van der Waals surface area contributed by atoms with Gasteiger partial charge in [0.1, 0.15) is 17.3 Å². The fourth-order valence-corrected chi connectivity index (χ4v) is 3.99. The quantitative estimate of drug-likeness (QED) is 0.534. The average Bonchev–Trinajstić information content (AvgIpc) is 2.78. The Morgan fingerprint density at radius 2 is 1.66 bits per heavy atom. The van der Waals surface area contributed by atoms with Crippen molar-refractivity contribution < 1.29 is 27.1 Å². The minimum absolute atomic E-state index is 0.182. The number of amides is 1. The van der Waals surface area contributed by atoms with Crippen molar-refractivity contribution in [2.75, 3.05) is 18.9 Å². The maximum absolute atomic E-state index is 13.8. The molecule has 0 aliphatic heterocycles. The third kappa shape index (κ3) is 5.55. The fraction of sp³-hybridized carbons (Fsp3) is 0.174. The van der Waals surface area contributed by atoms with E-state index in [-0.39, 0.29) is 22.7 Å². The fourth-order valence-electron chi connectivity index (χ4n) is 2.93. The summed E-state index contributed by atoms with van der Waals surface area (Å²) in [5.74, 6) is 0.180. The zero-order chi connectivity index (χ0) is 23.3. The van der Waals surface area contributed by atoms with Crippen molar-refractivity contribution in [3.8, 4) is 11.5 Å². The molecule has 0 aromatic heterocycles. The molecule has 0 atom stereocenters. The third-order valence-electron chi connectivity index (χ3n) is 4.69. The van der Waals surface area contributed by atoms with Gasteiger partial charge in [0.05, 0.1) is 19.1 Å². The van der Waals surface area contributed by atoms with Gasteiger partial charge < -0.3 is 14.8 Å². The highest BCUT2D eigenvalue weighted by Crippen LogP contribution is 2.23. The van der Waals surface area contributed by atoms with Crippen molar-refractivity contribution in [3.05, 3.63) is 83.2 Å². The summed E-state index contributed by atoms with van der Waals surface area (Å²) in [7, 11) is -0.942. The van der Waals surface area contributed by atoms with Crippen molar-refractivity contribution >= 4 is 21.6 Å². The maximum Gasteiger partial charge on any atom is 0.261 e. The summed E-state index contributed by atoms with van der Waals surface area (Å²) in [6.45, 7) is 1.76. The normalized spacial score (nSPS) is 11.0. The minimum atomic E-state index is -4.02. The Balaban J connectivity index is 1.73. The molecule has 3 rings (SSSR count). The number of hydrogen-bond donors (Lipinski definition) is 2. The van der Waals surface area contributed by atoms with Crippen LogP contribution in [-0.2, 0) is 16.6 Å². The van der Waals surface area contributed by atoms with E-state index in [9.17, 15) is 17.6 Å². The molecule has 0 saturated heterocycles. The van der Waals surface area contributed by atoms with Gasteiger partial charge in [0.15, 0.2) is 0 Å². The van der Waals surface area contributed by atoms with Gasteiger partial charge in [-0.05, 0) is 60.5 Å². The molecule has 3 aromatic carbocycles. The van der Waals surface area contributed by atoms with Gasteiger partial charge in [-0.2, -0.15) is 0 Å². The molecule has 0 unspecified atom stereocenters. The van der Waals surface area contributed by atoms with Crippen LogP contribution >= 0.6 is 0 Å². The molecule has 1 amide bonds. The first-order valence-corrected chi connectivity index (χ1v) is 11.1. The molecule has 32 heavy (non-hydrogen) atoms. The molecular formula is C23H23FN2O5S. The second-order valence-corrected chi connectivity index (χ2v) is 8.68. The van der Waals surface area contributed by atoms with Gasteiger partial charge in [0.2, 0.25) is 0 Å². The second-order valence-electron chi connectivity index (χ2n) is 7.00. The summed E-state index contributed by atoms with van der Waals surface area (Å²) in [4.78, 5) is 12.4. The monoisotopic (exact) mass is 458 g/mol. The lowest BCUT2D eigenvalue weighted by Crippen LogP contribution is -2.23. The number of halogens is 1. The van der Waals surface area contributed by atoms with E-state index in [1.807, 2.05) is 0 Å². The van der Waals surface area contributed by atoms with Crippen LogP contribution in [0.5, 0.6) is 11.5 Å². The van der Waals surface area contributed by atoms with E-state index in [2.05, 4.69) is 10.0 Å². The van der Waals surface area contributed by atoms with Gasteiger partial charge in [-0.3, -0.25) is 9.52 Å². The number of aryl methyl sites for hydroxylation is 1. The Morgan fingerprint density at radius 3 is 2.28 bits per heavy atom. The number of hydrogen-bond acceptors (Lipinski definition) is 5. The Hall–Kier alpha value is -3.59. The van der Waals surface area contributed by atoms with Gasteiger partial charge in [-0.15, -0.1) is 0 Å². The van der Waals surface area contributed by atoms with Crippen LogP contribution in [0.2, 0.25) is 0 Å². The lowest BCUT2D eigenvalue weighted by molar-refractivity contribution is 0.0951. The number of sulfonamides is 1. The Kier molecular flexibility index (Phi) is 6.99. The number of rotatable bonds is 8. The molecule has 3 aromatic rings. The highest BCUT2D eigenvalue weighted by atomic mass is 32.2. The first-order chi connectivity index (χ1) is 15.2. The van der Waals surface area contributed by atoms with E-state index >= 15 is 0 Å². The first-order valence-electron chi connectivity index (χ1n) is 9.61. The van der Waals surface area contributed by atoms with Gasteiger partial charge in [-0.25, -0.2) is 12.8 Å². The number of benzene rings is 3. The number of anilines is 1. The Bertz CT molecular complexity index is 1220. The van der Waals surface area contributed by atoms with Gasteiger partial charge in [-0.1, -0.05) is 12.1 Å². The minimum Gasteiger partial charge on any atom is -0.497 e. The van der Waals surface area contributed by atoms with Crippen LogP contribution < -0.4 is 19.5 Å². The van der Waals surface area contributed by atoms with E-state index < -0.39 is 21.7 Å². The van der Waals surface area contributed by atoms with E-state index in [1.54, 1.807) is 37.3 Å². The van der Waals surface area contributed by atoms with Crippen molar-refractivity contribution in [1.29, 1.82) is 0 Å². The smallest absolute Gasteiger partial charge is 0.261 e. The van der Waals surface area contributed by atoms with E-state index in [0.29, 0.717) is 17.1 Å². The van der Waals surface area contributed by atoms with E-state index in [1.165, 1.54) is 38.5 Å². The molecule has 0 fully saturated rings. The molecule has 0 aliphatic carbocycles. The van der Waals surface area contributed by atoms with Gasteiger partial charge in [0.25, 0.3) is 15.9 Å². The van der Waals surface area contributed by atoms with E-state index in [4.69, 9.17) is 9.47 Å². The summed E-state index contributed by atoms with van der Waals surface area (Å²) in [5.41, 5.74) is 1.56. The van der Waals surface area contributed by atoms with Crippen LogP contribution in [0.4, 0.5) is 10.1 Å². The van der Waals surface area contributed by atoms with Crippen LogP contribution in [0.15, 0.2) is 65.6 Å².